The quantitative estimate of drug-likeness (QED) is 0.726. The zero-order valence-electron chi connectivity index (χ0n) is 13.8. The fourth-order valence-corrected chi connectivity index (χ4v) is 4.96. The highest BCUT2D eigenvalue weighted by Gasteiger charge is 2.41. The molecule has 1 heterocycles. The first-order valence-corrected chi connectivity index (χ1v) is 8.99. The van der Waals surface area contributed by atoms with Crippen molar-refractivity contribution in [3.05, 3.63) is 0 Å². The molecule has 0 amide bonds. The van der Waals surface area contributed by atoms with E-state index in [1.165, 1.54) is 18.6 Å². The summed E-state index contributed by atoms with van der Waals surface area (Å²) < 4.78 is 0.340. The lowest BCUT2D eigenvalue weighted by molar-refractivity contribution is 0.0576. The molecule has 3 atom stereocenters. The molecule has 3 heteroatoms. The Morgan fingerprint density at radius 1 is 1.25 bits per heavy atom. The molecule has 0 aromatic rings. The molecule has 0 spiro atoms. The molecule has 0 bridgehead atoms. The van der Waals surface area contributed by atoms with Crippen molar-refractivity contribution in [3.8, 4) is 6.07 Å². The molecule has 1 aliphatic carbocycles. The lowest BCUT2D eigenvalue weighted by atomic mass is 9.67. The van der Waals surface area contributed by atoms with Crippen LogP contribution in [0.5, 0.6) is 0 Å². The van der Waals surface area contributed by atoms with E-state index < -0.39 is 0 Å². The molecule has 20 heavy (non-hydrogen) atoms. The first-order chi connectivity index (χ1) is 9.23. The first kappa shape index (κ1) is 16.2. The van der Waals surface area contributed by atoms with Crippen LogP contribution in [-0.4, -0.2) is 34.5 Å². The van der Waals surface area contributed by atoms with Gasteiger partial charge in [-0.15, -0.1) is 0 Å². The van der Waals surface area contributed by atoms with Gasteiger partial charge in [0.05, 0.1) is 12.0 Å². The second-order valence-electron chi connectivity index (χ2n) is 8.26. The summed E-state index contributed by atoms with van der Waals surface area (Å²) in [5.74, 6) is 2.21. The molecule has 1 aliphatic heterocycles. The number of hydrogen-bond donors (Lipinski definition) is 0. The van der Waals surface area contributed by atoms with E-state index in [1.54, 1.807) is 0 Å². The predicted octanol–water partition coefficient (Wildman–Crippen LogP) is 4.17. The van der Waals surface area contributed by atoms with Gasteiger partial charge in [-0.2, -0.15) is 17.0 Å². The highest BCUT2D eigenvalue weighted by atomic mass is 32.2. The van der Waals surface area contributed by atoms with Crippen LogP contribution in [0.1, 0.15) is 53.9 Å². The number of thioether (sulfide) groups is 1. The maximum Gasteiger partial charge on any atom is 0.0672 e. The Hall–Kier alpha value is -0.200. The minimum Gasteiger partial charge on any atom is -0.297 e. The zero-order valence-corrected chi connectivity index (χ0v) is 14.6. The van der Waals surface area contributed by atoms with Crippen LogP contribution in [0.25, 0.3) is 0 Å². The summed E-state index contributed by atoms with van der Waals surface area (Å²) in [5.41, 5.74) is 0.374. The van der Waals surface area contributed by atoms with Crippen molar-refractivity contribution >= 4 is 11.8 Å². The Morgan fingerprint density at radius 2 is 1.95 bits per heavy atom. The smallest absolute Gasteiger partial charge is 0.0672 e. The van der Waals surface area contributed by atoms with E-state index >= 15 is 0 Å². The van der Waals surface area contributed by atoms with Crippen LogP contribution in [0.15, 0.2) is 0 Å². The van der Waals surface area contributed by atoms with Crippen molar-refractivity contribution in [1.29, 1.82) is 5.26 Å². The molecular formula is C17H30N2S. The van der Waals surface area contributed by atoms with Gasteiger partial charge in [-0.05, 0) is 44.4 Å². The third-order valence-electron chi connectivity index (χ3n) is 5.13. The summed E-state index contributed by atoms with van der Waals surface area (Å²) in [7, 11) is 0. The third kappa shape index (κ3) is 3.71. The largest absolute Gasteiger partial charge is 0.297 e. The van der Waals surface area contributed by atoms with E-state index in [9.17, 15) is 5.26 Å². The van der Waals surface area contributed by atoms with Crippen LogP contribution in [0.4, 0.5) is 0 Å². The fraction of sp³-hybridized carbons (Fsp3) is 0.941. The fourth-order valence-electron chi connectivity index (χ4n) is 3.82. The van der Waals surface area contributed by atoms with E-state index in [1.807, 2.05) is 0 Å². The summed E-state index contributed by atoms with van der Waals surface area (Å²) >= 11 is 2.08. The van der Waals surface area contributed by atoms with Crippen molar-refractivity contribution in [3.63, 3.8) is 0 Å². The monoisotopic (exact) mass is 294 g/mol. The molecule has 2 rings (SSSR count). The summed E-state index contributed by atoms with van der Waals surface area (Å²) in [4.78, 5) is 2.63. The second-order valence-corrected chi connectivity index (χ2v) is 10.1. The van der Waals surface area contributed by atoms with Crippen LogP contribution < -0.4 is 0 Å². The van der Waals surface area contributed by atoms with Gasteiger partial charge in [-0.25, -0.2) is 0 Å². The van der Waals surface area contributed by atoms with Crippen molar-refractivity contribution in [2.45, 2.75) is 64.7 Å². The Morgan fingerprint density at radius 3 is 2.50 bits per heavy atom. The minimum atomic E-state index is 0.243. The molecule has 0 aromatic heterocycles. The van der Waals surface area contributed by atoms with Crippen LogP contribution in [0.3, 0.4) is 0 Å². The van der Waals surface area contributed by atoms with Gasteiger partial charge in [-0.3, -0.25) is 4.90 Å². The van der Waals surface area contributed by atoms with E-state index in [0.29, 0.717) is 16.2 Å². The van der Waals surface area contributed by atoms with E-state index in [-0.39, 0.29) is 5.92 Å². The molecule has 2 fully saturated rings. The SMILES string of the molecule is CC1(C)CN(C2CC(C(C)(C)C)CCC2C#N)CCS1. The zero-order chi connectivity index (χ0) is 15.0. The van der Waals surface area contributed by atoms with Crippen molar-refractivity contribution < 1.29 is 0 Å². The van der Waals surface area contributed by atoms with E-state index in [2.05, 4.69) is 57.3 Å². The highest BCUT2D eigenvalue weighted by Crippen LogP contribution is 2.43. The number of hydrogen-bond acceptors (Lipinski definition) is 3. The molecular weight excluding hydrogens is 264 g/mol. The summed E-state index contributed by atoms with van der Waals surface area (Å²) in [6.07, 6.45) is 3.53. The Balaban J connectivity index is 2.11. The summed E-state index contributed by atoms with van der Waals surface area (Å²) in [6, 6.07) is 3.09. The van der Waals surface area contributed by atoms with Crippen molar-refractivity contribution in [1.82, 2.24) is 4.90 Å². The number of nitriles is 1. The molecule has 0 N–H and O–H groups in total. The molecule has 3 unspecified atom stereocenters. The maximum atomic E-state index is 9.53. The van der Waals surface area contributed by atoms with E-state index in [0.717, 1.165) is 25.4 Å². The number of rotatable bonds is 1. The van der Waals surface area contributed by atoms with Gasteiger partial charge in [0.25, 0.3) is 0 Å². The lowest BCUT2D eigenvalue weighted by Crippen LogP contribution is -2.53. The van der Waals surface area contributed by atoms with Gasteiger partial charge < -0.3 is 0 Å². The maximum absolute atomic E-state index is 9.53. The Kier molecular flexibility index (Phi) is 4.76. The third-order valence-corrected chi connectivity index (χ3v) is 6.43. The van der Waals surface area contributed by atoms with Crippen molar-refractivity contribution in [2.75, 3.05) is 18.8 Å². The number of nitrogens with zero attached hydrogens (tertiary/aromatic N) is 2. The van der Waals surface area contributed by atoms with Crippen LogP contribution >= 0.6 is 11.8 Å². The molecule has 2 nitrogen and oxygen atoms in total. The first-order valence-electron chi connectivity index (χ1n) is 8.00. The van der Waals surface area contributed by atoms with Gasteiger partial charge in [-0.1, -0.05) is 20.8 Å². The Bertz CT molecular complexity index is 374. The van der Waals surface area contributed by atoms with Crippen LogP contribution in [-0.2, 0) is 0 Å². The summed E-state index contributed by atoms with van der Waals surface area (Å²) in [5, 5.41) is 9.53. The van der Waals surface area contributed by atoms with Crippen LogP contribution in [0, 0.1) is 28.6 Å². The standard InChI is InChI=1S/C17H30N2S/c1-16(2,3)14-7-6-13(11-18)15(10-14)19-8-9-20-17(4,5)12-19/h13-15H,6-10,12H2,1-5H3. The Labute approximate surface area is 129 Å². The molecule has 2 aliphatic rings. The minimum absolute atomic E-state index is 0.243. The van der Waals surface area contributed by atoms with Gasteiger partial charge in [0.2, 0.25) is 0 Å². The molecule has 0 radical (unpaired) electrons. The van der Waals surface area contributed by atoms with Gasteiger partial charge >= 0.3 is 0 Å². The van der Waals surface area contributed by atoms with Crippen molar-refractivity contribution in [2.24, 2.45) is 17.3 Å². The molecule has 1 saturated carbocycles. The van der Waals surface area contributed by atoms with E-state index in [4.69, 9.17) is 0 Å². The lowest BCUT2D eigenvalue weighted by Gasteiger charge is -2.48. The predicted molar refractivity (Wildman–Crippen MR) is 87.8 cm³/mol. The van der Waals surface area contributed by atoms with Gasteiger partial charge in [0.15, 0.2) is 0 Å². The average Bonchev–Trinajstić information content (AvgIpc) is 2.35. The average molecular weight is 295 g/mol. The summed E-state index contributed by atoms with van der Waals surface area (Å²) in [6.45, 7) is 14.1. The molecule has 114 valence electrons. The normalized spacial score (nSPS) is 35.5. The van der Waals surface area contributed by atoms with Crippen LogP contribution in [0.2, 0.25) is 0 Å². The topological polar surface area (TPSA) is 27.0 Å². The molecule has 0 aromatic carbocycles. The second kappa shape index (κ2) is 5.89. The van der Waals surface area contributed by atoms with Gasteiger partial charge in [0, 0.05) is 29.6 Å². The highest BCUT2D eigenvalue weighted by molar-refractivity contribution is 8.00. The molecule has 1 saturated heterocycles. The van der Waals surface area contributed by atoms with Gasteiger partial charge in [0.1, 0.15) is 0 Å².